The molecule has 0 rings (SSSR count). The number of rotatable bonds is 0. The van der Waals surface area contributed by atoms with E-state index in [1.165, 1.54) is 0 Å². The summed E-state index contributed by atoms with van der Waals surface area (Å²) in [5.41, 5.74) is 0. The summed E-state index contributed by atoms with van der Waals surface area (Å²) < 4.78 is 34.5. The van der Waals surface area contributed by atoms with Gasteiger partial charge in [0.1, 0.15) is 0 Å². The Kier molecular flexibility index (Phi) is 23.9. The summed E-state index contributed by atoms with van der Waals surface area (Å²) in [6, 6.07) is 0. The van der Waals surface area contributed by atoms with Crippen molar-refractivity contribution in [1.29, 1.82) is 0 Å². The number of hydrogen-bond donors (Lipinski definition) is 0. The zero-order valence-corrected chi connectivity index (χ0v) is 11.8. The summed E-state index contributed by atoms with van der Waals surface area (Å²) in [7, 11) is 0. The van der Waals surface area contributed by atoms with Crippen LogP contribution in [-0.4, -0.2) is 0 Å². The minimum Gasteiger partial charge on any atom is 2.00 e. The maximum atomic E-state index is 8.63. The molecule has 0 saturated heterocycles. The van der Waals surface area contributed by atoms with Gasteiger partial charge >= 0.3 is 70.0 Å². The van der Waals surface area contributed by atoms with Crippen molar-refractivity contribution in [2.24, 2.45) is 0 Å². The molecule has 8 heteroatoms. The molecular weight excluding hydrogens is 307 g/mol. The molecule has 0 aromatic carbocycles. The Morgan fingerprint density at radius 2 is 1.00 bits per heavy atom. The summed E-state index contributed by atoms with van der Waals surface area (Å²) in [5.74, 6) is 0. The molecule has 0 aromatic heterocycles. The van der Waals surface area contributed by atoms with Crippen LogP contribution in [-0.2, 0) is 68.0 Å². The molecule has 0 aromatic rings. The first-order chi connectivity index (χ1) is 2.00. The molecule has 0 amide bonds. The van der Waals surface area contributed by atoms with E-state index in [1.54, 1.807) is 0 Å². The predicted molar refractivity (Wildman–Crippen MR) is 2.06 cm³/mol. The molecule has 0 aliphatic carbocycles. The quantitative estimate of drug-likeness (QED) is 0.452. The van der Waals surface area contributed by atoms with Crippen molar-refractivity contribution in [3.8, 4) is 0 Å². The SMILES string of the molecule is [O-2].[O]=[Mo](=[O])([O-])[O-].[Zn+2].[Zn+2]. The molecule has 0 fully saturated rings. The second kappa shape index (κ2) is 8.42. The van der Waals surface area contributed by atoms with E-state index in [-0.39, 0.29) is 44.4 Å². The Morgan fingerprint density at radius 1 is 1.00 bits per heavy atom. The third kappa shape index (κ3) is 152. The molecule has 40 valence electrons. The van der Waals surface area contributed by atoms with Crippen molar-refractivity contribution in [3.63, 3.8) is 0 Å². The minimum atomic E-state index is -6.02. The first-order valence-corrected chi connectivity index (χ1v) is 3.94. The fourth-order valence-corrected chi connectivity index (χ4v) is 0. The van der Waals surface area contributed by atoms with Crippen LogP contribution < -0.4 is 7.52 Å². The van der Waals surface area contributed by atoms with Crippen molar-refractivity contribution < 1.29 is 75.5 Å². The molecule has 0 aliphatic heterocycles. The van der Waals surface area contributed by atoms with E-state index in [0.29, 0.717) is 0 Å². The molecule has 0 N–H and O–H groups in total. The zero-order valence-electron chi connectivity index (χ0n) is 3.86. The Hall–Kier alpha value is 1.42. The smallest absolute Gasteiger partial charge is 2.00 e. The van der Waals surface area contributed by atoms with Crippen molar-refractivity contribution in [2.45, 2.75) is 0 Å². The third-order valence-corrected chi connectivity index (χ3v) is 0. The average molecular weight is 307 g/mol. The molecule has 0 unspecified atom stereocenters. The van der Waals surface area contributed by atoms with E-state index < -0.39 is 16.7 Å². The molecular formula is MoO5Zn2. The van der Waals surface area contributed by atoms with E-state index in [4.69, 9.17) is 14.3 Å². The van der Waals surface area contributed by atoms with Crippen molar-refractivity contribution in [1.82, 2.24) is 0 Å². The van der Waals surface area contributed by atoms with Gasteiger partial charge in [-0.15, -0.1) is 0 Å². The van der Waals surface area contributed by atoms with Gasteiger partial charge in [0.05, 0.1) is 0 Å². The monoisotopic (exact) mass is 306 g/mol. The molecule has 0 atom stereocenters. The van der Waals surface area contributed by atoms with Gasteiger partial charge in [0, 0.05) is 0 Å². The van der Waals surface area contributed by atoms with Crippen LogP contribution in [0.3, 0.4) is 0 Å². The summed E-state index contributed by atoms with van der Waals surface area (Å²) in [4.78, 5) is 0. The molecule has 0 bridgehead atoms. The second-order valence-electron chi connectivity index (χ2n) is 0.408. The molecule has 0 spiro atoms. The second-order valence-corrected chi connectivity index (χ2v) is 2.42. The van der Waals surface area contributed by atoms with Gasteiger partial charge in [-0.2, -0.15) is 0 Å². The summed E-state index contributed by atoms with van der Waals surface area (Å²) in [6.45, 7) is 0. The summed E-state index contributed by atoms with van der Waals surface area (Å²) in [5, 5.41) is 0. The average Bonchev–Trinajstić information content (AvgIpc) is 0.722. The van der Waals surface area contributed by atoms with E-state index in [2.05, 4.69) is 0 Å². The van der Waals surface area contributed by atoms with E-state index >= 15 is 0 Å². The van der Waals surface area contributed by atoms with Gasteiger partial charge in [0.15, 0.2) is 0 Å². The normalized spacial score (nSPS) is 7.25. The van der Waals surface area contributed by atoms with Crippen LogP contribution in [0.2, 0.25) is 0 Å². The van der Waals surface area contributed by atoms with E-state index in [0.717, 1.165) is 0 Å². The van der Waals surface area contributed by atoms with Crippen molar-refractivity contribution >= 4 is 0 Å². The van der Waals surface area contributed by atoms with Crippen LogP contribution in [0.25, 0.3) is 0 Å². The topological polar surface area (TPSA) is 109 Å². The summed E-state index contributed by atoms with van der Waals surface area (Å²) >= 11 is -6.02. The minimum absolute atomic E-state index is 0. The van der Waals surface area contributed by atoms with Crippen LogP contribution in [0.5, 0.6) is 0 Å². The molecule has 0 aliphatic rings. The van der Waals surface area contributed by atoms with Crippen LogP contribution in [0.15, 0.2) is 0 Å². The largest absolute Gasteiger partial charge is 2.00 e. The predicted octanol–water partition coefficient (Wildman–Crippen LogP) is -2.74. The Balaban J connectivity index is -0.0000000267. The first kappa shape index (κ1) is 22.7. The van der Waals surface area contributed by atoms with Crippen LogP contribution >= 0.6 is 0 Å². The maximum absolute atomic E-state index is 8.63. The third-order valence-electron chi connectivity index (χ3n) is 0. The van der Waals surface area contributed by atoms with E-state index in [9.17, 15) is 0 Å². The number of hydrogen-bond acceptors (Lipinski definition) is 4. The van der Waals surface area contributed by atoms with Crippen molar-refractivity contribution in [3.05, 3.63) is 0 Å². The molecule has 0 radical (unpaired) electrons. The summed E-state index contributed by atoms with van der Waals surface area (Å²) in [6.07, 6.45) is 0. The fraction of sp³-hybridized carbons (Fsp3) is 0. The van der Waals surface area contributed by atoms with Gasteiger partial charge in [-0.25, -0.2) is 0 Å². The Bertz CT molecular complexity index is 93.6. The Morgan fingerprint density at radius 3 is 1.00 bits per heavy atom. The van der Waals surface area contributed by atoms with Gasteiger partial charge in [0.25, 0.3) is 0 Å². The maximum Gasteiger partial charge on any atom is 2.00 e. The fourth-order valence-electron chi connectivity index (χ4n) is 0. The van der Waals surface area contributed by atoms with Crippen LogP contribution in [0, 0.1) is 0 Å². The molecule has 5 nitrogen and oxygen atoms in total. The standard InChI is InChI=1S/Mo.5O.2Zn/q;;;-2;2*-1;2*+2. The van der Waals surface area contributed by atoms with Gasteiger partial charge in [-0.05, 0) is 0 Å². The zero-order chi connectivity index (χ0) is 4.50. The van der Waals surface area contributed by atoms with Crippen LogP contribution in [0.1, 0.15) is 0 Å². The van der Waals surface area contributed by atoms with Gasteiger partial charge in [0.2, 0.25) is 0 Å². The molecule has 8 heavy (non-hydrogen) atoms. The van der Waals surface area contributed by atoms with Gasteiger partial charge in [-0.3, -0.25) is 0 Å². The van der Waals surface area contributed by atoms with Gasteiger partial charge < -0.3 is 5.48 Å². The molecule has 0 heterocycles. The first-order valence-electron chi connectivity index (χ1n) is 0.667. The van der Waals surface area contributed by atoms with Crippen molar-refractivity contribution in [2.75, 3.05) is 0 Å². The van der Waals surface area contributed by atoms with Gasteiger partial charge in [-0.1, -0.05) is 0 Å². The Labute approximate surface area is 75.0 Å². The van der Waals surface area contributed by atoms with Crippen LogP contribution in [0.4, 0.5) is 0 Å². The molecule has 0 saturated carbocycles. The van der Waals surface area contributed by atoms with E-state index in [1.807, 2.05) is 0 Å².